The summed E-state index contributed by atoms with van der Waals surface area (Å²) in [5.41, 5.74) is 5.00. The normalized spacial score (nSPS) is 15.1. The molecule has 1 aliphatic heterocycles. The van der Waals surface area contributed by atoms with Gasteiger partial charge in [0.1, 0.15) is 5.82 Å². The Morgan fingerprint density at radius 1 is 1.30 bits per heavy atom. The van der Waals surface area contributed by atoms with Gasteiger partial charge in [-0.05, 0) is 12.3 Å². The number of hydrogen-bond donors (Lipinski definition) is 2. The predicted octanol–water partition coefficient (Wildman–Crippen LogP) is 0.423. The number of thiazole rings is 1. The second kappa shape index (κ2) is 11.4. The standard InChI is InChI=1S/C21H33N7O4S/c1-15(2)13-28-18(22)17(19(30)24-20(28)31)27(10-11-32-3)16(29)14-25-6-4-7-26(9-8-25)21-23-5-12-33-21/h5,12,15H,4,6-11,13-14,22H2,1-3H3,(H,24,30,31). The molecule has 1 aliphatic rings. The van der Waals surface area contributed by atoms with E-state index in [2.05, 4.69) is 19.8 Å². The first-order chi connectivity index (χ1) is 15.8. The molecule has 0 aliphatic carbocycles. The van der Waals surface area contributed by atoms with Crippen molar-refractivity contribution in [3.63, 3.8) is 0 Å². The summed E-state index contributed by atoms with van der Waals surface area (Å²) in [4.78, 5) is 50.7. The highest BCUT2D eigenvalue weighted by Gasteiger charge is 2.27. The molecular weight excluding hydrogens is 446 g/mol. The summed E-state index contributed by atoms with van der Waals surface area (Å²) in [7, 11) is 1.53. The molecule has 11 nitrogen and oxygen atoms in total. The van der Waals surface area contributed by atoms with Crippen LogP contribution in [0, 0.1) is 5.92 Å². The Labute approximate surface area is 196 Å². The lowest BCUT2D eigenvalue weighted by Crippen LogP contribution is -2.47. The average molecular weight is 480 g/mol. The third-order valence-corrected chi connectivity index (χ3v) is 6.32. The van der Waals surface area contributed by atoms with Gasteiger partial charge in [-0.2, -0.15) is 0 Å². The summed E-state index contributed by atoms with van der Waals surface area (Å²) in [6.45, 7) is 7.83. The summed E-state index contributed by atoms with van der Waals surface area (Å²) < 4.78 is 6.48. The van der Waals surface area contributed by atoms with Gasteiger partial charge in [-0.3, -0.25) is 24.0 Å². The zero-order valence-electron chi connectivity index (χ0n) is 19.5. The Morgan fingerprint density at radius 2 is 2.09 bits per heavy atom. The molecule has 0 radical (unpaired) electrons. The number of anilines is 3. The monoisotopic (exact) mass is 479 g/mol. The minimum atomic E-state index is -0.673. The molecule has 3 N–H and O–H groups in total. The van der Waals surface area contributed by atoms with E-state index in [1.54, 1.807) is 17.5 Å². The summed E-state index contributed by atoms with van der Waals surface area (Å²) in [5, 5.41) is 2.94. The number of nitrogens with two attached hydrogens (primary N) is 1. The molecule has 1 saturated heterocycles. The van der Waals surface area contributed by atoms with Gasteiger partial charge in [-0.25, -0.2) is 9.78 Å². The molecule has 3 heterocycles. The SMILES string of the molecule is COCCN(C(=O)CN1CCCN(c2nccs2)CC1)c1c(N)n(CC(C)C)c(=O)[nH]c1=O. The molecule has 0 aromatic carbocycles. The average Bonchev–Trinajstić information content (AvgIpc) is 3.20. The van der Waals surface area contributed by atoms with Crippen molar-refractivity contribution in [2.75, 3.05) is 68.5 Å². The largest absolute Gasteiger partial charge is 0.383 e. The van der Waals surface area contributed by atoms with Gasteiger partial charge in [0, 0.05) is 58.0 Å². The number of amides is 1. The maximum absolute atomic E-state index is 13.4. The van der Waals surface area contributed by atoms with E-state index < -0.39 is 11.2 Å². The minimum absolute atomic E-state index is 0.00321. The topological polar surface area (TPSA) is 130 Å². The fourth-order valence-corrected chi connectivity index (χ4v) is 4.59. The number of H-pyrrole nitrogens is 1. The van der Waals surface area contributed by atoms with Crippen LogP contribution in [0.3, 0.4) is 0 Å². The van der Waals surface area contributed by atoms with Gasteiger partial charge in [-0.15, -0.1) is 11.3 Å². The molecule has 182 valence electrons. The molecule has 1 amide bonds. The van der Waals surface area contributed by atoms with Crippen LogP contribution in [-0.4, -0.2) is 78.3 Å². The molecule has 0 spiro atoms. The number of ether oxygens (including phenoxy) is 1. The second-order valence-corrected chi connectivity index (χ2v) is 9.34. The Hall–Kier alpha value is -2.70. The number of carbonyl (C=O) groups is 1. The van der Waals surface area contributed by atoms with Crippen molar-refractivity contribution >= 4 is 33.9 Å². The molecule has 33 heavy (non-hydrogen) atoms. The number of carbonyl (C=O) groups excluding carboxylic acids is 1. The first kappa shape index (κ1) is 24.9. The number of rotatable bonds is 9. The van der Waals surface area contributed by atoms with Crippen LogP contribution in [0.25, 0.3) is 0 Å². The van der Waals surface area contributed by atoms with Crippen LogP contribution in [0.4, 0.5) is 16.6 Å². The molecule has 0 bridgehead atoms. The number of aromatic nitrogens is 3. The van der Waals surface area contributed by atoms with Gasteiger partial charge in [0.2, 0.25) is 5.91 Å². The second-order valence-electron chi connectivity index (χ2n) is 8.47. The quantitative estimate of drug-likeness (QED) is 0.529. The van der Waals surface area contributed by atoms with Gasteiger partial charge in [0.15, 0.2) is 10.8 Å². The molecule has 2 aromatic heterocycles. The fraction of sp³-hybridized carbons (Fsp3) is 0.619. The number of nitrogens with one attached hydrogen (secondary N) is 1. The molecule has 0 atom stereocenters. The lowest BCUT2D eigenvalue weighted by Gasteiger charge is -2.27. The minimum Gasteiger partial charge on any atom is -0.383 e. The van der Waals surface area contributed by atoms with Crippen LogP contribution in [0.1, 0.15) is 20.3 Å². The van der Waals surface area contributed by atoms with Crippen molar-refractivity contribution in [1.29, 1.82) is 0 Å². The first-order valence-corrected chi connectivity index (χ1v) is 12.0. The third kappa shape index (κ3) is 6.21. The van der Waals surface area contributed by atoms with Crippen LogP contribution in [0.5, 0.6) is 0 Å². The highest BCUT2D eigenvalue weighted by Crippen LogP contribution is 2.20. The molecule has 3 rings (SSSR count). The summed E-state index contributed by atoms with van der Waals surface area (Å²) in [5.74, 6) is -0.140. The Balaban J connectivity index is 1.81. The summed E-state index contributed by atoms with van der Waals surface area (Å²) in [6.07, 6.45) is 2.69. The van der Waals surface area contributed by atoms with Gasteiger partial charge >= 0.3 is 5.69 Å². The number of hydrogen-bond acceptors (Lipinski definition) is 9. The van der Waals surface area contributed by atoms with Crippen LogP contribution in [0.15, 0.2) is 21.2 Å². The smallest absolute Gasteiger partial charge is 0.330 e. The molecule has 0 unspecified atom stereocenters. The van der Waals surface area contributed by atoms with E-state index in [9.17, 15) is 14.4 Å². The Bertz CT molecular complexity index is 1030. The number of aromatic amines is 1. The summed E-state index contributed by atoms with van der Waals surface area (Å²) in [6, 6.07) is 0. The highest BCUT2D eigenvalue weighted by molar-refractivity contribution is 7.13. The fourth-order valence-electron chi connectivity index (χ4n) is 3.90. The van der Waals surface area contributed by atoms with Gasteiger partial charge < -0.3 is 20.3 Å². The van der Waals surface area contributed by atoms with Crippen molar-refractivity contribution in [2.45, 2.75) is 26.8 Å². The highest BCUT2D eigenvalue weighted by atomic mass is 32.1. The first-order valence-electron chi connectivity index (χ1n) is 11.1. The van der Waals surface area contributed by atoms with Gasteiger partial charge in [0.25, 0.3) is 5.56 Å². The van der Waals surface area contributed by atoms with E-state index in [1.807, 2.05) is 19.2 Å². The van der Waals surface area contributed by atoms with Crippen molar-refractivity contribution in [1.82, 2.24) is 19.4 Å². The molecule has 12 heteroatoms. The van der Waals surface area contributed by atoms with Crippen molar-refractivity contribution in [2.24, 2.45) is 5.92 Å². The van der Waals surface area contributed by atoms with Crippen molar-refractivity contribution in [3.05, 3.63) is 32.4 Å². The van der Waals surface area contributed by atoms with Crippen molar-refractivity contribution in [3.8, 4) is 0 Å². The van der Waals surface area contributed by atoms with Crippen LogP contribution in [-0.2, 0) is 16.1 Å². The van der Waals surface area contributed by atoms with E-state index in [1.165, 1.54) is 16.6 Å². The number of nitrogens with zero attached hydrogens (tertiary/aromatic N) is 5. The van der Waals surface area contributed by atoms with E-state index in [-0.39, 0.29) is 43.0 Å². The summed E-state index contributed by atoms with van der Waals surface area (Å²) >= 11 is 1.60. The molecule has 2 aromatic rings. The third-order valence-electron chi connectivity index (χ3n) is 5.49. The maximum atomic E-state index is 13.4. The van der Waals surface area contributed by atoms with Gasteiger partial charge in [0.05, 0.1) is 13.2 Å². The van der Waals surface area contributed by atoms with E-state index in [4.69, 9.17) is 10.5 Å². The predicted molar refractivity (Wildman–Crippen MR) is 130 cm³/mol. The van der Waals surface area contributed by atoms with Crippen LogP contribution in [0.2, 0.25) is 0 Å². The molecular formula is C21H33N7O4S. The lowest BCUT2D eigenvalue weighted by atomic mass is 10.2. The van der Waals surface area contributed by atoms with Gasteiger partial charge in [-0.1, -0.05) is 13.8 Å². The van der Waals surface area contributed by atoms with E-state index >= 15 is 0 Å². The van der Waals surface area contributed by atoms with Crippen LogP contribution >= 0.6 is 11.3 Å². The Morgan fingerprint density at radius 3 is 2.76 bits per heavy atom. The lowest BCUT2D eigenvalue weighted by molar-refractivity contribution is -0.119. The zero-order chi connectivity index (χ0) is 24.0. The zero-order valence-corrected chi connectivity index (χ0v) is 20.3. The molecule has 0 saturated carbocycles. The number of methoxy groups -OCH3 is 1. The van der Waals surface area contributed by atoms with E-state index in [0.29, 0.717) is 13.1 Å². The Kier molecular flexibility index (Phi) is 8.64. The number of nitrogen functional groups attached to an aromatic ring is 1. The maximum Gasteiger partial charge on any atom is 0.330 e. The van der Waals surface area contributed by atoms with Crippen molar-refractivity contribution < 1.29 is 9.53 Å². The molecule has 1 fully saturated rings. The van der Waals surface area contributed by atoms with Crippen LogP contribution < -0.4 is 26.8 Å². The van der Waals surface area contributed by atoms with E-state index in [0.717, 1.165) is 31.2 Å².